The Morgan fingerprint density at radius 3 is 2.70 bits per heavy atom. The maximum Gasteiger partial charge on any atom is 0.0692 e. The van der Waals surface area contributed by atoms with Crippen molar-refractivity contribution in [1.29, 1.82) is 0 Å². The molecule has 1 aromatic rings. The average Bonchev–Trinajstić information content (AvgIpc) is 1.88. The van der Waals surface area contributed by atoms with Crippen molar-refractivity contribution in [1.82, 2.24) is 0 Å². The van der Waals surface area contributed by atoms with Crippen molar-refractivity contribution in [3.63, 3.8) is 0 Å². The predicted octanol–water partition coefficient (Wildman–Crippen LogP) is 2.55. The first-order chi connectivity index (χ1) is 4.74. The first-order valence-corrected chi connectivity index (χ1v) is 4.66. The third-order valence-electron chi connectivity index (χ3n) is 1.19. The molecule has 0 heterocycles. The predicted molar refractivity (Wildman–Crippen MR) is 52.8 cm³/mol. The van der Waals surface area contributed by atoms with Crippen molar-refractivity contribution in [3.05, 3.63) is 31.8 Å². The van der Waals surface area contributed by atoms with E-state index >= 15 is 0 Å². The first-order valence-electron chi connectivity index (χ1n) is 2.79. The molecule has 0 aromatic heterocycles. The lowest BCUT2D eigenvalue weighted by Gasteiger charge is -1.99. The van der Waals surface area contributed by atoms with E-state index in [4.69, 9.17) is 5.11 Å². The average molecular weight is 313 g/mol. The highest BCUT2D eigenvalue weighted by atomic mass is 127. The van der Waals surface area contributed by atoms with E-state index in [1.54, 1.807) is 0 Å². The summed E-state index contributed by atoms with van der Waals surface area (Å²) < 4.78 is 2.14. The summed E-state index contributed by atoms with van der Waals surface area (Å²) in [6.45, 7) is 0.117. The smallest absolute Gasteiger partial charge is 0.0692 e. The van der Waals surface area contributed by atoms with Gasteiger partial charge in [-0.25, -0.2) is 0 Å². The number of aliphatic hydroxyl groups is 1. The van der Waals surface area contributed by atoms with E-state index in [-0.39, 0.29) is 6.61 Å². The van der Waals surface area contributed by atoms with Gasteiger partial charge in [0.2, 0.25) is 0 Å². The highest BCUT2D eigenvalue weighted by molar-refractivity contribution is 14.1. The lowest BCUT2D eigenvalue weighted by atomic mass is 10.2. The van der Waals surface area contributed by atoms with E-state index in [0.29, 0.717) is 0 Å². The van der Waals surface area contributed by atoms with Crippen LogP contribution in [-0.4, -0.2) is 5.11 Å². The number of halogens is 2. The standard InChI is InChI=1S/C7H6BrIO/c8-6-2-1-5(4-10)7(9)3-6/h1-3,10H,4H2. The lowest BCUT2D eigenvalue weighted by molar-refractivity contribution is 0.281. The van der Waals surface area contributed by atoms with Crippen molar-refractivity contribution >= 4 is 38.5 Å². The Bertz CT molecular complexity index is 237. The van der Waals surface area contributed by atoms with Crippen LogP contribution in [0.25, 0.3) is 0 Å². The third-order valence-corrected chi connectivity index (χ3v) is 2.68. The van der Waals surface area contributed by atoms with Gasteiger partial charge in [0, 0.05) is 8.04 Å². The molecule has 0 aliphatic heterocycles. The SMILES string of the molecule is OCc1ccc(Br)cc1I. The van der Waals surface area contributed by atoms with Crippen molar-refractivity contribution in [2.75, 3.05) is 0 Å². The highest BCUT2D eigenvalue weighted by Crippen LogP contribution is 2.17. The Balaban J connectivity index is 3.07. The number of aliphatic hydroxyl groups excluding tert-OH is 1. The van der Waals surface area contributed by atoms with Crippen LogP contribution in [0.3, 0.4) is 0 Å². The highest BCUT2D eigenvalue weighted by Gasteiger charge is 1.96. The third kappa shape index (κ3) is 1.93. The molecule has 0 fully saturated rings. The molecule has 1 nitrogen and oxygen atoms in total. The van der Waals surface area contributed by atoms with Gasteiger partial charge in [-0.1, -0.05) is 22.0 Å². The van der Waals surface area contributed by atoms with Crippen LogP contribution in [0.15, 0.2) is 22.7 Å². The molecule has 0 atom stereocenters. The van der Waals surface area contributed by atoms with Gasteiger partial charge in [-0.15, -0.1) is 0 Å². The Morgan fingerprint density at radius 1 is 1.50 bits per heavy atom. The summed E-state index contributed by atoms with van der Waals surface area (Å²) in [7, 11) is 0. The molecule has 0 bridgehead atoms. The summed E-state index contributed by atoms with van der Waals surface area (Å²) in [6.07, 6.45) is 0. The zero-order valence-electron chi connectivity index (χ0n) is 5.14. The van der Waals surface area contributed by atoms with E-state index in [1.165, 1.54) is 0 Å². The number of hydrogen-bond donors (Lipinski definition) is 1. The molecule has 0 amide bonds. The van der Waals surface area contributed by atoms with Crippen LogP contribution in [0.2, 0.25) is 0 Å². The second kappa shape index (κ2) is 3.69. The molecule has 10 heavy (non-hydrogen) atoms. The van der Waals surface area contributed by atoms with Gasteiger partial charge in [0.1, 0.15) is 0 Å². The van der Waals surface area contributed by atoms with E-state index in [9.17, 15) is 0 Å². The molecular weight excluding hydrogens is 307 g/mol. The van der Waals surface area contributed by atoms with Gasteiger partial charge in [0.25, 0.3) is 0 Å². The molecule has 0 aliphatic rings. The summed E-state index contributed by atoms with van der Waals surface area (Å²) in [5.74, 6) is 0. The minimum atomic E-state index is 0.117. The summed E-state index contributed by atoms with van der Waals surface area (Å²) in [5.41, 5.74) is 0.976. The fourth-order valence-electron chi connectivity index (χ4n) is 0.650. The van der Waals surface area contributed by atoms with Crippen molar-refractivity contribution < 1.29 is 5.11 Å². The number of benzene rings is 1. The monoisotopic (exact) mass is 312 g/mol. The first kappa shape index (κ1) is 8.49. The second-order valence-electron chi connectivity index (χ2n) is 1.89. The van der Waals surface area contributed by atoms with Gasteiger partial charge in [0.15, 0.2) is 0 Å². The molecule has 1 aromatic carbocycles. The van der Waals surface area contributed by atoms with Crippen molar-refractivity contribution in [3.8, 4) is 0 Å². The van der Waals surface area contributed by atoms with Crippen LogP contribution in [0, 0.1) is 3.57 Å². The maximum absolute atomic E-state index is 8.79. The minimum absolute atomic E-state index is 0.117. The summed E-state index contributed by atoms with van der Waals surface area (Å²) in [4.78, 5) is 0. The van der Waals surface area contributed by atoms with E-state index in [2.05, 4.69) is 38.5 Å². The molecule has 0 saturated carbocycles. The van der Waals surface area contributed by atoms with Crippen LogP contribution in [0.5, 0.6) is 0 Å². The van der Waals surface area contributed by atoms with Gasteiger partial charge in [0.05, 0.1) is 6.61 Å². The second-order valence-corrected chi connectivity index (χ2v) is 3.97. The van der Waals surface area contributed by atoms with Gasteiger partial charge in [-0.3, -0.25) is 0 Å². The van der Waals surface area contributed by atoms with Crippen LogP contribution >= 0.6 is 38.5 Å². The minimum Gasteiger partial charge on any atom is -0.392 e. The molecule has 0 unspecified atom stereocenters. The van der Waals surface area contributed by atoms with Gasteiger partial charge >= 0.3 is 0 Å². The molecule has 0 radical (unpaired) electrons. The number of rotatable bonds is 1. The Labute approximate surface area is 81.7 Å². The van der Waals surface area contributed by atoms with Crippen LogP contribution in [0.1, 0.15) is 5.56 Å². The van der Waals surface area contributed by atoms with E-state index in [1.807, 2.05) is 18.2 Å². The molecular formula is C7H6BrIO. The summed E-state index contributed by atoms with van der Waals surface area (Å²) in [6, 6.07) is 5.81. The van der Waals surface area contributed by atoms with Crippen molar-refractivity contribution in [2.24, 2.45) is 0 Å². The van der Waals surface area contributed by atoms with Gasteiger partial charge in [-0.2, -0.15) is 0 Å². The molecule has 1 rings (SSSR count). The summed E-state index contributed by atoms with van der Waals surface area (Å²) >= 11 is 5.54. The fourth-order valence-corrected chi connectivity index (χ4v) is 2.12. The molecule has 0 aliphatic carbocycles. The number of hydrogen-bond acceptors (Lipinski definition) is 1. The molecule has 1 N–H and O–H groups in total. The maximum atomic E-state index is 8.79. The molecule has 0 spiro atoms. The Morgan fingerprint density at radius 2 is 2.20 bits per heavy atom. The van der Waals surface area contributed by atoms with Gasteiger partial charge < -0.3 is 5.11 Å². The van der Waals surface area contributed by atoms with E-state index in [0.717, 1.165) is 13.6 Å². The zero-order valence-corrected chi connectivity index (χ0v) is 8.89. The fraction of sp³-hybridized carbons (Fsp3) is 0.143. The Hall–Kier alpha value is 0.390. The quantitative estimate of drug-likeness (QED) is 0.790. The van der Waals surface area contributed by atoms with Crippen molar-refractivity contribution in [2.45, 2.75) is 6.61 Å². The molecule has 0 saturated heterocycles. The molecule has 3 heteroatoms. The van der Waals surface area contributed by atoms with E-state index < -0.39 is 0 Å². The molecule has 54 valence electrons. The normalized spacial score (nSPS) is 9.90. The Kier molecular flexibility index (Phi) is 3.13. The largest absolute Gasteiger partial charge is 0.392 e. The lowest BCUT2D eigenvalue weighted by Crippen LogP contribution is -1.86. The van der Waals surface area contributed by atoms with Crippen LogP contribution < -0.4 is 0 Å². The van der Waals surface area contributed by atoms with Crippen LogP contribution in [-0.2, 0) is 6.61 Å². The van der Waals surface area contributed by atoms with Gasteiger partial charge in [-0.05, 0) is 40.3 Å². The summed E-state index contributed by atoms with van der Waals surface area (Å²) in [5, 5.41) is 8.79. The zero-order chi connectivity index (χ0) is 7.56. The van der Waals surface area contributed by atoms with Crippen LogP contribution in [0.4, 0.5) is 0 Å². The topological polar surface area (TPSA) is 20.2 Å².